The standard InChI is InChI=1S/C25H27F3N2O5/c1-3-24(4-2,22(33)29-20(13-21(31)32)25(26,27)28)30-23(34)35-14-19-17-11-7-5-9-15(17)16-10-6-8-12-18(16)19/h5-12,19-20H,3-4,13-14H2,1-2H3,(H,29,33)(H,30,34)(H,31,32). The Hall–Kier alpha value is -3.56. The second-order valence-corrected chi connectivity index (χ2v) is 8.41. The van der Waals surface area contributed by atoms with Gasteiger partial charge in [-0.2, -0.15) is 13.2 Å². The monoisotopic (exact) mass is 492 g/mol. The Labute approximate surface area is 200 Å². The molecule has 0 radical (unpaired) electrons. The number of aliphatic carboxylic acids is 1. The maximum Gasteiger partial charge on any atom is 0.409 e. The van der Waals surface area contributed by atoms with Gasteiger partial charge in [-0.05, 0) is 35.1 Å². The molecule has 1 aliphatic rings. The van der Waals surface area contributed by atoms with E-state index in [1.54, 1.807) is 5.32 Å². The molecule has 0 saturated heterocycles. The average molecular weight is 492 g/mol. The van der Waals surface area contributed by atoms with Crippen molar-refractivity contribution < 1.29 is 37.4 Å². The summed E-state index contributed by atoms with van der Waals surface area (Å²) in [6.45, 7) is 3.04. The summed E-state index contributed by atoms with van der Waals surface area (Å²) < 4.78 is 45.2. The second-order valence-electron chi connectivity index (χ2n) is 8.41. The van der Waals surface area contributed by atoms with Gasteiger partial charge in [0.2, 0.25) is 5.91 Å². The first-order chi connectivity index (χ1) is 16.5. The quantitative estimate of drug-likeness (QED) is 0.474. The van der Waals surface area contributed by atoms with Crippen molar-refractivity contribution in [2.45, 2.75) is 56.8 Å². The number of halogens is 3. The van der Waals surface area contributed by atoms with Crippen LogP contribution in [0.4, 0.5) is 18.0 Å². The molecule has 0 aromatic heterocycles. The number of ether oxygens (including phenoxy) is 1. The number of hydrogen-bond donors (Lipinski definition) is 3. The number of alkyl carbamates (subject to hydrolysis) is 1. The number of carbonyl (C=O) groups excluding carboxylic acids is 2. The molecule has 0 fully saturated rings. The summed E-state index contributed by atoms with van der Waals surface area (Å²) in [4.78, 5) is 36.4. The van der Waals surface area contributed by atoms with Crippen molar-refractivity contribution in [1.82, 2.24) is 10.6 Å². The zero-order valence-corrected chi connectivity index (χ0v) is 19.3. The first-order valence-electron chi connectivity index (χ1n) is 11.2. The Bertz CT molecular complexity index is 1050. The highest BCUT2D eigenvalue weighted by atomic mass is 19.4. The summed E-state index contributed by atoms with van der Waals surface area (Å²) in [5.74, 6) is -3.07. The lowest BCUT2D eigenvalue weighted by Crippen LogP contribution is -2.61. The van der Waals surface area contributed by atoms with E-state index in [1.165, 1.54) is 13.8 Å². The minimum Gasteiger partial charge on any atom is -0.481 e. The number of carbonyl (C=O) groups is 3. The zero-order valence-electron chi connectivity index (χ0n) is 19.3. The Morgan fingerprint density at radius 2 is 1.49 bits per heavy atom. The first kappa shape index (κ1) is 26.1. The number of hydrogen-bond acceptors (Lipinski definition) is 4. The highest BCUT2D eigenvalue weighted by molar-refractivity contribution is 5.90. The van der Waals surface area contributed by atoms with Crippen molar-refractivity contribution in [2.24, 2.45) is 0 Å². The van der Waals surface area contributed by atoms with Crippen molar-refractivity contribution in [3.63, 3.8) is 0 Å². The largest absolute Gasteiger partial charge is 0.481 e. The molecule has 2 aromatic rings. The van der Waals surface area contributed by atoms with Crippen molar-refractivity contribution in [2.75, 3.05) is 6.61 Å². The molecule has 0 saturated carbocycles. The van der Waals surface area contributed by atoms with E-state index in [0.717, 1.165) is 22.3 Å². The highest BCUT2D eigenvalue weighted by Gasteiger charge is 2.46. The SMILES string of the molecule is CCC(CC)(NC(=O)OCC1c2ccccc2-c2ccccc21)C(=O)NC(CC(=O)O)C(F)(F)F. The smallest absolute Gasteiger partial charge is 0.409 e. The van der Waals surface area contributed by atoms with E-state index < -0.39 is 42.1 Å². The van der Waals surface area contributed by atoms with Crippen LogP contribution in [-0.2, 0) is 14.3 Å². The van der Waals surface area contributed by atoms with E-state index in [-0.39, 0.29) is 25.4 Å². The van der Waals surface area contributed by atoms with E-state index in [0.29, 0.717) is 0 Å². The molecular formula is C25H27F3N2O5. The molecule has 0 heterocycles. The summed E-state index contributed by atoms with van der Waals surface area (Å²) >= 11 is 0. The molecule has 0 bridgehead atoms. The van der Waals surface area contributed by atoms with Crippen molar-refractivity contribution in [3.8, 4) is 11.1 Å². The van der Waals surface area contributed by atoms with Crippen LogP contribution in [0.25, 0.3) is 11.1 Å². The molecule has 10 heteroatoms. The molecule has 2 aromatic carbocycles. The van der Waals surface area contributed by atoms with Gasteiger partial charge in [0.05, 0.1) is 6.42 Å². The fraction of sp³-hybridized carbons (Fsp3) is 0.400. The predicted molar refractivity (Wildman–Crippen MR) is 122 cm³/mol. The number of carboxylic acid groups (broad SMARTS) is 1. The van der Waals surface area contributed by atoms with Gasteiger partial charge in [0.15, 0.2) is 0 Å². The number of amides is 2. The van der Waals surface area contributed by atoms with Gasteiger partial charge in [-0.3, -0.25) is 9.59 Å². The van der Waals surface area contributed by atoms with E-state index in [9.17, 15) is 27.6 Å². The van der Waals surface area contributed by atoms with Crippen LogP contribution in [-0.4, -0.2) is 47.4 Å². The number of benzene rings is 2. The Morgan fingerprint density at radius 3 is 1.94 bits per heavy atom. The molecule has 1 atom stereocenters. The lowest BCUT2D eigenvalue weighted by Gasteiger charge is -2.33. The van der Waals surface area contributed by atoms with E-state index in [2.05, 4.69) is 5.32 Å². The number of fused-ring (bicyclic) bond motifs is 3. The summed E-state index contributed by atoms with van der Waals surface area (Å²) in [5.41, 5.74) is 2.33. The van der Waals surface area contributed by atoms with Gasteiger partial charge in [0.25, 0.3) is 0 Å². The Kier molecular flexibility index (Phi) is 7.72. The van der Waals surface area contributed by atoms with Crippen LogP contribution in [0.1, 0.15) is 50.2 Å². The predicted octanol–water partition coefficient (Wildman–Crippen LogP) is 4.61. The number of rotatable bonds is 9. The Morgan fingerprint density at radius 1 is 0.971 bits per heavy atom. The number of carboxylic acids is 1. The highest BCUT2D eigenvalue weighted by Crippen LogP contribution is 2.44. The summed E-state index contributed by atoms with van der Waals surface area (Å²) in [5, 5.41) is 13.0. The molecule has 3 rings (SSSR count). The summed E-state index contributed by atoms with van der Waals surface area (Å²) in [6.07, 6.45) is -7.31. The van der Waals surface area contributed by atoms with Crippen LogP contribution in [0.3, 0.4) is 0 Å². The molecule has 2 amide bonds. The summed E-state index contributed by atoms with van der Waals surface area (Å²) in [6, 6.07) is 12.9. The van der Waals surface area contributed by atoms with E-state index >= 15 is 0 Å². The fourth-order valence-corrected chi connectivity index (χ4v) is 4.35. The molecule has 0 aliphatic heterocycles. The minimum atomic E-state index is -4.97. The van der Waals surface area contributed by atoms with Crippen LogP contribution in [0, 0.1) is 0 Å². The average Bonchev–Trinajstić information content (AvgIpc) is 3.13. The van der Waals surface area contributed by atoms with Crippen molar-refractivity contribution >= 4 is 18.0 Å². The van der Waals surface area contributed by atoms with Crippen LogP contribution in [0.15, 0.2) is 48.5 Å². The lowest BCUT2D eigenvalue weighted by molar-refractivity contribution is -0.171. The van der Waals surface area contributed by atoms with Gasteiger partial charge >= 0.3 is 18.2 Å². The van der Waals surface area contributed by atoms with Gasteiger partial charge in [0.1, 0.15) is 18.2 Å². The van der Waals surface area contributed by atoms with Crippen LogP contribution in [0.2, 0.25) is 0 Å². The molecule has 3 N–H and O–H groups in total. The van der Waals surface area contributed by atoms with E-state index in [1.807, 2.05) is 48.5 Å². The second kappa shape index (κ2) is 10.4. The molecule has 7 nitrogen and oxygen atoms in total. The molecule has 35 heavy (non-hydrogen) atoms. The number of alkyl halides is 3. The minimum absolute atomic E-state index is 0.0306. The van der Waals surface area contributed by atoms with Gasteiger partial charge < -0.3 is 20.5 Å². The number of nitrogens with one attached hydrogen (secondary N) is 2. The van der Waals surface area contributed by atoms with Gasteiger partial charge in [-0.15, -0.1) is 0 Å². The molecule has 0 spiro atoms. The van der Waals surface area contributed by atoms with Gasteiger partial charge in [-0.1, -0.05) is 62.4 Å². The van der Waals surface area contributed by atoms with Crippen LogP contribution < -0.4 is 10.6 Å². The molecule has 188 valence electrons. The zero-order chi connectivity index (χ0) is 25.8. The molecular weight excluding hydrogens is 465 g/mol. The lowest BCUT2D eigenvalue weighted by atomic mass is 9.91. The van der Waals surface area contributed by atoms with Crippen molar-refractivity contribution in [1.29, 1.82) is 0 Å². The third-order valence-corrected chi connectivity index (χ3v) is 6.41. The maximum atomic E-state index is 13.2. The van der Waals surface area contributed by atoms with Gasteiger partial charge in [0, 0.05) is 5.92 Å². The van der Waals surface area contributed by atoms with Crippen LogP contribution in [0.5, 0.6) is 0 Å². The first-order valence-corrected chi connectivity index (χ1v) is 11.2. The van der Waals surface area contributed by atoms with Crippen molar-refractivity contribution in [3.05, 3.63) is 59.7 Å². The third-order valence-electron chi connectivity index (χ3n) is 6.41. The van der Waals surface area contributed by atoms with Crippen LogP contribution >= 0.6 is 0 Å². The van der Waals surface area contributed by atoms with E-state index in [4.69, 9.17) is 9.84 Å². The third kappa shape index (κ3) is 5.58. The Balaban J connectivity index is 1.72. The normalized spacial score (nSPS) is 14.0. The molecule has 1 unspecified atom stereocenters. The molecule has 1 aliphatic carbocycles. The summed E-state index contributed by atoms with van der Waals surface area (Å²) in [7, 11) is 0. The fourth-order valence-electron chi connectivity index (χ4n) is 4.35. The maximum absolute atomic E-state index is 13.2. The topological polar surface area (TPSA) is 105 Å². The van der Waals surface area contributed by atoms with Gasteiger partial charge in [-0.25, -0.2) is 4.79 Å².